The molecular formula is C19H25FO4S. The molecule has 0 spiro atoms. The third-order valence-electron chi connectivity index (χ3n) is 5.01. The predicted molar refractivity (Wildman–Crippen MR) is 94.5 cm³/mol. The third kappa shape index (κ3) is 5.03. The largest absolute Gasteiger partial charge is 0.493 e. The lowest BCUT2D eigenvalue weighted by Gasteiger charge is -2.22. The van der Waals surface area contributed by atoms with Crippen molar-refractivity contribution in [2.45, 2.75) is 50.9 Å². The first kappa shape index (κ1) is 18.4. The molecule has 138 valence electrons. The van der Waals surface area contributed by atoms with Gasteiger partial charge in [-0.1, -0.05) is 19.3 Å². The Morgan fingerprint density at radius 1 is 1.16 bits per heavy atom. The summed E-state index contributed by atoms with van der Waals surface area (Å²) < 4.78 is 43.0. The average molecular weight is 368 g/mol. The number of hydrogen-bond donors (Lipinski definition) is 0. The zero-order valence-corrected chi connectivity index (χ0v) is 15.4. The molecular weight excluding hydrogens is 343 g/mol. The number of hydrogen-bond acceptors (Lipinski definition) is 4. The fraction of sp³-hybridized carbons (Fsp3) is 0.632. The minimum Gasteiger partial charge on any atom is -0.493 e. The predicted octanol–water partition coefficient (Wildman–Crippen LogP) is 3.89. The number of Topliss-reactive ketones (excluding diaryl/α,β-unsaturated/α-hetero) is 1. The fourth-order valence-corrected chi connectivity index (χ4v) is 4.13. The SMILES string of the molecule is CS(=O)(=O)CC(=O)c1cc(C2CC2)c(OCC2CCCCC2)cc1F. The molecule has 2 fully saturated rings. The van der Waals surface area contributed by atoms with Crippen molar-refractivity contribution in [3.8, 4) is 5.75 Å². The smallest absolute Gasteiger partial charge is 0.180 e. The second-order valence-electron chi connectivity index (χ2n) is 7.45. The monoisotopic (exact) mass is 368 g/mol. The summed E-state index contributed by atoms with van der Waals surface area (Å²) in [4.78, 5) is 12.1. The van der Waals surface area contributed by atoms with Crippen molar-refractivity contribution in [1.82, 2.24) is 0 Å². The molecule has 0 bridgehead atoms. The van der Waals surface area contributed by atoms with E-state index in [0.29, 0.717) is 18.3 Å². The van der Waals surface area contributed by atoms with E-state index in [9.17, 15) is 17.6 Å². The van der Waals surface area contributed by atoms with Crippen LogP contribution in [0, 0.1) is 11.7 Å². The number of carbonyl (C=O) groups excluding carboxylic acids is 1. The molecule has 1 aromatic rings. The lowest BCUT2D eigenvalue weighted by atomic mass is 9.90. The second-order valence-corrected chi connectivity index (χ2v) is 9.59. The van der Waals surface area contributed by atoms with Gasteiger partial charge in [-0.05, 0) is 49.1 Å². The summed E-state index contributed by atoms with van der Waals surface area (Å²) in [5.41, 5.74) is 0.700. The van der Waals surface area contributed by atoms with Gasteiger partial charge in [0.25, 0.3) is 0 Å². The van der Waals surface area contributed by atoms with E-state index in [4.69, 9.17) is 4.74 Å². The van der Waals surface area contributed by atoms with Crippen LogP contribution in [0.5, 0.6) is 5.75 Å². The maximum absolute atomic E-state index is 14.4. The van der Waals surface area contributed by atoms with Crippen molar-refractivity contribution in [2.75, 3.05) is 18.6 Å². The van der Waals surface area contributed by atoms with Crippen LogP contribution in [0.15, 0.2) is 12.1 Å². The molecule has 2 aliphatic rings. The van der Waals surface area contributed by atoms with Crippen LogP contribution >= 0.6 is 0 Å². The van der Waals surface area contributed by atoms with Gasteiger partial charge in [-0.3, -0.25) is 4.79 Å². The molecule has 0 aliphatic heterocycles. The summed E-state index contributed by atoms with van der Waals surface area (Å²) in [5, 5.41) is 0. The standard InChI is InChI=1S/C19H25FO4S/c1-25(22,23)12-18(21)16-9-15(14-7-8-14)19(10-17(16)20)24-11-13-5-3-2-4-6-13/h9-10,13-14H,2-8,11-12H2,1H3. The molecule has 1 aromatic carbocycles. The van der Waals surface area contributed by atoms with Crippen LogP contribution in [0.3, 0.4) is 0 Å². The quantitative estimate of drug-likeness (QED) is 0.685. The van der Waals surface area contributed by atoms with Crippen LogP contribution in [0.2, 0.25) is 0 Å². The average Bonchev–Trinajstić information content (AvgIpc) is 3.37. The number of carbonyl (C=O) groups is 1. The molecule has 3 rings (SSSR count). The minimum atomic E-state index is -3.49. The first-order valence-electron chi connectivity index (χ1n) is 9.00. The molecule has 0 aromatic heterocycles. The van der Waals surface area contributed by atoms with E-state index in [1.54, 1.807) is 0 Å². The summed E-state index contributed by atoms with van der Waals surface area (Å²) >= 11 is 0. The highest BCUT2D eigenvalue weighted by Gasteiger charge is 2.30. The third-order valence-corrected chi connectivity index (χ3v) is 5.80. The highest BCUT2D eigenvalue weighted by Crippen LogP contribution is 2.45. The summed E-state index contributed by atoms with van der Waals surface area (Å²) in [6.45, 7) is 0.579. The van der Waals surface area contributed by atoms with Crippen LogP contribution in [0.4, 0.5) is 4.39 Å². The summed E-state index contributed by atoms with van der Waals surface area (Å²) in [7, 11) is -3.49. The van der Waals surface area contributed by atoms with Crippen LogP contribution in [-0.4, -0.2) is 32.8 Å². The van der Waals surface area contributed by atoms with Gasteiger partial charge in [0.15, 0.2) is 15.6 Å². The zero-order chi connectivity index (χ0) is 18.0. The number of ether oxygens (including phenoxy) is 1. The van der Waals surface area contributed by atoms with Crippen LogP contribution in [0.25, 0.3) is 0 Å². The summed E-state index contributed by atoms with van der Waals surface area (Å²) in [5.74, 6) is -0.753. The van der Waals surface area contributed by atoms with E-state index < -0.39 is 27.2 Å². The molecule has 0 atom stereocenters. The molecule has 25 heavy (non-hydrogen) atoms. The Balaban J connectivity index is 1.79. The number of benzene rings is 1. The van der Waals surface area contributed by atoms with Crippen LogP contribution in [-0.2, 0) is 9.84 Å². The summed E-state index contributed by atoms with van der Waals surface area (Å²) in [6, 6.07) is 2.78. The van der Waals surface area contributed by atoms with Crippen LogP contribution < -0.4 is 4.74 Å². The van der Waals surface area contributed by atoms with E-state index in [1.807, 2.05) is 0 Å². The Hall–Kier alpha value is -1.43. The van der Waals surface area contributed by atoms with Crippen molar-refractivity contribution < 1.29 is 22.3 Å². The maximum atomic E-state index is 14.4. The number of ketones is 1. The van der Waals surface area contributed by atoms with Gasteiger partial charge in [0.2, 0.25) is 0 Å². The van der Waals surface area contributed by atoms with E-state index >= 15 is 0 Å². The number of sulfone groups is 1. The summed E-state index contributed by atoms with van der Waals surface area (Å²) in [6.07, 6.45) is 8.96. The topological polar surface area (TPSA) is 60.4 Å². The Kier molecular flexibility index (Phi) is 5.46. The lowest BCUT2D eigenvalue weighted by molar-refractivity contribution is 0.101. The van der Waals surface area contributed by atoms with E-state index in [-0.39, 0.29) is 11.5 Å². The van der Waals surface area contributed by atoms with E-state index in [2.05, 4.69) is 0 Å². The van der Waals surface area contributed by atoms with E-state index in [1.165, 1.54) is 31.4 Å². The van der Waals surface area contributed by atoms with Gasteiger partial charge in [0.1, 0.15) is 17.3 Å². The molecule has 6 heteroatoms. The highest BCUT2D eigenvalue weighted by atomic mass is 32.2. The molecule has 0 amide bonds. The first-order chi connectivity index (χ1) is 11.8. The van der Waals surface area contributed by atoms with Gasteiger partial charge in [0.05, 0.1) is 12.2 Å². The zero-order valence-electron chi connectivity index (χ0n) is 14.6. The molecule has 2 saturated carbocycles. The number of halogens is 1. The molecule has 0 N–H and O–H groups in total. The Bertz CT molecular complexity index is 747. The maximum Gasteiger partial charge on any atom is 0.180 e. The van der Waals surface area contributed by atoms with Crippen molar-refractivity contribution in [2.24, 2.45) is 5.92 Å². The van der Waals surface area contributed by atoms with Crippen LogP contribution in [0.1, 0.15) is 66.8 Å². The van der Waals surface area contributed by atoms with Crippen molar-refractivity contribution in [3.05, 3.63) is 29.1 Å². The van der Waals surface area contributed by atoms with Gasteiger partial charge in [-0.15, -0.1) is 0 Å². The van der Waals surface area contributed by atoms with Crippen molar-refractivity contribution in [1.29, 1.82) is 0 Å². The Morgan fingerprint density at radius 3 is 2.44 bits per heavy atom. The second kappa shape index (κ2) is 7.44. The van der Waals surface area contributed by atoms with Gasteiger partial charge < -0.3 is 4.74 Å². The van der Waals surface area contributed by atoms with Crippen molar-refractivity contribution >= 4 is 15.6 Å². The van der Waals surface area contributed by atoms with Crippen molar-refractivity contribution in [3.63, 3.8) is 0 Å². The van der Waals surface area contributed by atoms with Gasteiger partial charge in [0, 0.05) is 12.3 Å². The highest BCUT2D eigenvalue weighted by molar-refractivity contribution is 7.91. The fourth-order valence-electron chi connectivity index (χ4n) is 3.50. The molecule has 0 saturated heterocycles. The molecule has 4 nitrogen and oxygen atoms in total. The molecule has 0 radical (unpaired) electrons. The van der Waals surface area contributed by atoms with Gasteiger partial charge in [-0.25, -0.2) is 12.8 Å². The number of rotatable bonds is 7. The van der Waals surface area contributed by atoms with E-state index in [0.717, 1.165) is 37.5 Å². The Morgan fingerprint density at radius 2 is 1.84 bits per heavy atom. The minimum absolute atomic E-state index is 0.141. The normalized spacial score (nSPS) is 19.0. The van der Waals surface area contributed by atoms with Gasteiger partial charge >= 0.3 is 0 Å². The first-order valence-corrected chi connectivity index (χ1v) is 11.1. The van der Waals surface area contributed by atoms with Gasteiger partial charge in [-0.2, -0.15) is 0 Å². The lowest BCUT2D eigenvalue weighted by Crippen LogP contribution is -2.18. The molecule has 0 unspecified atom stereocenters. The molecule has 0 heterocycles. The Labute approximate surface area is 148 Å². The molecule has 2 aliphatic carbocycles.